The van der Waals surface area contributed by atoms with Gasteiger partial charge in [0.25, 0.3) is 0 Å². The van der Waals surface area contributed by atoms with Crippen LogP contribution in [0.1, 0.15) is 30.0 Å². The summed E-state index contributed by atoms with van der Waals surface area (Å²) in [7, 11) is 0. The second kappa shape index (κ2) is 5.72. The zero-order valence-corrected chi connectivity index (χ0v) is 11.5. The van der Waals surface area contributed by atoms with Crippen molar-refractivity contribution in [3.63, 3.8) is 0 Å². The predicted molar refractivity (Wildman–Crippen MR) is 75.4 cm³/mol. The molecular formula is C14H17ClN4. The van der Waals surface area contributed by atoms with Gasteiger partial charge in [-0.25, -0.2) is 4.68 Å². The maximum Gasteiger partial charge on any atom is 0.0859 e. The van der Waals surface area contributed by atoms with Gasteiger partial charge in [-0.15, -0.1) is 5.10 Å². The van der Waals surface area contributed by atoms with Crippen molar-refractivity contribution < 1.29 is 0 Å². The first-order chi connectivity index (χ1) is 9.31. The highest BCUT2D eigenvalue weighted by Crippen LogP contribution is 2.22. The monoisotopic (exact) mass is 276 g/mol. The fourth-order valence-corrected chi connectivity index (χ4v) is 2.60. The van der Waals surface area contributed by atoms with Gasteiger partial charge in [0.05, 0.1) is 12.2 Å². The third-order valence-corrected chi connectivity index (χ3v) is 3.82. The summed E-state index contributed by atoms with van der Waals surface area (Å²) in [5.41, 5.74) is 2.31. The molecule has 1 fully saturated rings. The maximum absolute atomic E-state index is 5.88. The Morgan fingerprint density at radius 3 is 2.68 bits per heavy atom. The number of aromatic nitrogens is 3. The van der Waals surface area contributed by atoms with Gasteiger partial charge < -0.3 is 5.32 Å². The number of piperidine rings is 1. The fourth-order valence-electron chi connectivity index (χ4n) is 2.47. The molecule has 1 aromatic carbocycles. The van der Waals surface area contributed by atoms with Crippen molar-refractivity contribution in [2.24, 2.45) is 0 Å². The van der Waals surface area contributed by atoms with Crippen LogP contribution in [0.25, 0.3) is 0 Å². The Labute approximate surface area is 117 Å². The predicted octanol–water partition coefficient (Wildman–Crippen LogP) is 2.45. The zero-order valence-electron chi connectivity index (χ0n) is 10.7. The van der Waals surface area contributed by atoms with Crippen LogP contribution >= 0.6 is 11.6 Å². The molecule has 0 amide bonds. The van der Waals surface area contributed by atoms with Gasteiger partial charge in [0.2, 0.25) is 0 Å². The van der Waals surface area contributed by atoms with Crippen LogP contribution in [0, 0.1) is 0 Å². The minimum atomic E-state index is 0.556. The van der Waals surface area contributed by atoms with E-state index in [1.807, 2.05) is 28.9 Å². The molecule has 0 bridgehead atoms. The molecule has 4 nitrogen and oxygen atoms in total. The molecular weight excluding hydrogens is 260 g/mol. The van der Waals surface area contributed by atoms with Crippen LogP contribution in [0.4, 0.5) is 0 Å². The van der Waals surface area contributed by atoms with Gasteiger partial charge in [-0.3, -0.25) is 0 Å². The first-order valence-electron chi connectivity index (χ1n) is 6.66. The Balaban J connectivity index is 1.68. The van der Waals surface area contributed by atoms with Crippen LogP contribution in [-0.2, 0) is 6.54 Å². The molecule has 0 saturated carbocycles. The van der Waals surface area contributed by atoms with E-state index in [9.17, 15) is 0 Å². The topological polar surface area (TPSA) is 42.7 Å². The highest BCUT2D eigenvalue weighted by Gasteiger charge is 2.18. The highest BCUT2D eigenvalue weighted by molar-refractivity contribution is 6.30. The Morgan fingerprint density at radius 1 is 1.21 bits per heavy atom. The lowest BCUT2D eigenvalue weighted by Crippen LogP contribution is -2.26. The van der Waals surface area contributed by atoms with E-state index in [0.717, 1.165) is 43.2 Å². The minimum absolute atomic E-state index is 0.556. The van der Waals surface area contributed by atoms with E-state index in [1.165, 1.54) is 5.56 Å². The molecule has 0 unspecified atom stereocenters. The molecule has 1 aliphatic heterocycles. The quantitative estimate of drug-likeness (QED) is 0.936. The van der Waals surface area contributed by atoms with Crippen LogP contribution in [0.3, 0.4) is 0 Å². The molecule has 1 N–H and O–H groups in total. The molecule has 2 aromatic rings. The second-order valence-electron chi connectivity index (χ2n) is 4.99. The third kappa shape index (κ3) is 3.14. The number of halogens is 1. The summed E-state index contributed by atoms with van der Waals surface area (Å²) in [6.07, 6.45) is 4.38. The molecule has 100 valence electrons. The SMILES string of the molecule is Clc1ccc(Cn2cc(C3CCNCC3)nn2)cc1. The van der Waals surface area contributed by atoms with E-state index < -0.39 is 0 Å². The van der Waals surface area contributed by atoms with Gasteiger partial charge in [0.1, 0.15) is 0 Å². The van der Waals surface area contributed by atoms with Crippen LogP contribution in [0.2, 0.25) is 5.02 Å². The fraction of sp³-hybridized carbons (Fsp3) is 0.429. The van der Waals surface area contributed by atoms with Crippen molar-refractivity contribution in [1.82, 2.24) is 20.3 Å². The van der Waals surface area contributed by atoms with Gasteiger partial charge >= 0.3 is 0 Å². The van der Waals surface area contributed by atoms with Crippen molar-refractivity contribution in [3.05, 3.63) is 46.7 Å². The number of hydrogen-bond donors (Lipinski definition) is 1. The van der Waals surface area contributed by atoms with Gasteiger partial charge in [-0.05, 0) is 43.6 Å². The Hall–Kier alpha value is -1.39. The molecule has 0 atom stereocenters. The standard InChI is InChI=1S/C14H17ClN4/c15-13-3-1-11(2-4-13)9-19-10-14(17-18-19)12-5-7-16-8-6-12/h1-4,10,12,16H,5-9H2. The zero-order chi connectivity index (χ0) is 13.1. The van der Waals surface area contributed by atoms with E-state index in [0.29, 0.717) is 5.92 Å². The molecule has 0 aliphatic carbocycles. The Morgan fingerprint density at radius 2 is 1.95 bits per heavy atom. The van der Waals surface area contributed by atoms with E-state index in [4.69, 9.17) is 11.6 Å². The van der Waals surface area contributed by atoms with Crippen LogP contribution < -0.4 is 5.32 Å². The maximum atomic E-state index is 5.88. The summed E-state index contributed by atoms with van der Waals surface area (Å²) in [6.45, 7) is 2.90. The molecule has 5 heteroatoms. The minimum Gasteiger partial charge on any atom is -0.317 e. The normalized spacial score (nSPS) is 16.7. The van der Waals surface area contributed by atoms with Gasteiger partial charge in [0.15, 0.2) is 0 Å². The third-order valence-electron chi connectivity index (χ3n) is 3.57. The van der Waals surface area contributed by atoms with Gasteiger partial charge in [-0.2, -0.15) is 0 Å². The summed E-state index contributed by atoms with van der Waals surface area (Å²) in [4.78, 5) is 0. The lowest BCUT2D eigenvalue weighted by Gasteiger charge is -2.20. The first-order valence-corrected chi connectivity index (χ1v) is 7.04. The number of rotatable bonds is 3. The molecule has 2 heterocycles. The van der Waals surface area contributed by atoms with E-state index in [-0.39, 0.29) is 0 Å². The van der Waals surface area contributed by atoms with Crippen LogP contribution in [0.15, 0.2) is 30.5 Å². The van der Waals surface area contributed by atoms with E-state index >= 15 is 0 Å². The molecule has 0 radical (unpaired) electrons. The van der Waals surface area contributed by atoms with Crippen molar-refractivity contribution >= 4 is 11.6 Å². The molecule has 0 spiro atoms. The number of nitrogens with zero attached hydrogens (tertiary/aromatic N) is 3. The van der Waals surface area contributed by atoms with Gasteiger partial charge in [0, 0.05) is 17.1 Å². The van der Waals surface area contributed by atoms with Crippen molar-refractivity contribution in [3.8, 4) is 0 Å². The van der Waals surface area contributed by atoms with E-state index in [2.05, 4.69) is 21.8 Å². The smallest absolute Gasteiger partial charge is 0.0859 e. The Bertz CT molecular complexity index is 529. The van der Waals surface area contributed by atoms with Crippen LogP contribution in [0.5, 0.6) is 0 Å². The van der Waals surface area contributed by atoms with E-state index in [1.54, 1.807) is 0 Å². The highest BCUT2D eigenvalue weighted by atomic mass is 35.5. The molecule has 3 rings (SSSR count). The largest absolute Gasteiger partial charge is 0.317 e. The lowest BCUT2D eigenvalue weighted by atomic mass is 9.95. The summed E-state index contributed by atoms with van der Waals surface area (Å²) in [6, 6.07) is 7.85. The first kappa shape index (κ1) is 12.6. The summed E-state index contributed by atoms with van der Waals surface area (Å²) in [5.74, 6) is 0.556. The summed E-state index contributed by atoms with van der Waals surface area (Å²) >= 11 is 5.88. The molecule has 19 heavy (non-hydrogen) atoms. The number of hydrogen-bond acceptors (Lipinski definition) is 3. The Kier molecular flexibility index (Phi) is 3.80. The molecule has 1 saturated heterocycles. The number of benzene rings is 1. The van der Waals surface area contributed by atoms with Crippen molar-refractivity contribution in [2.75, 3.05) is 13.1 Å². The summed E-state index contributed by atoms with van der Waals surface area (Å²) in [5, 5.41) is 12.7. The summed E-state index contributed by atoms with van der Waals surface area (Å²) < 4.78 is 1.90. The second-order valence-corrected chi connectivity index (χ2v) is 5.43. The van der Waals surface area contributed by atoms with Crippen molar-refractivity contribution in [2.45, 2.75) is 25.3 Å². The lowest BCUT2D eigenvalue weighted by molar-refractivity contribution is 0.453. The van der Waals surface area contributed by atoms with Crippen LogP contribution in [-0.4, -0.2) is 28.1 Å². The van der Waals surface area contributed by atoms with Crippen molar-refractivity contribution in [1.29, 1.82) is 0 Å². The average Bonchev–Trinajstić information content (AvgIpc) is 2.91. The number of nitrogens with one attached hydrogen (secondary N) is 1. The molecule has 1 aliphatic rings. The molecule has 1 aromatic heterocycles. The average molecular weight is 277 g/mol. The van der Waals surface area contributed by atoms with Gasteiger partial charge in [-0.1, -0.05) is 28.9 Å².